The monoisotopic (exact) mass is 291 g/mol. The second-order valence-electron chi connectivity index (χ2n) is 4.78. The zero-order chi connectivity index (χ0) is 15.7. The van der Waals surface area contributed by atoms with Gasteiger partial charge < -0.3 is 20.7 Å². The third-order valence-electron chi connectivity index (χ3n) is 2.49. The fraction of sp³-hybridized carbons (Fsp3) is 0.333. The van der Waals surface area contributed by atoms with Crippen LogP contribution in [0.15, 0.2) is 36.4 Å². The molecule has 0 spiro atoms. The van der Waals surface area contributed by atoms with Gasteiger partial charge in [0.1, 0.15) is 5.75 Å². The van der Waals surface area contributed by atoms with Gasteiger partial charge in [0.15, 0.2) is 6.61 Å². The van der Waals surface area contributed by atoms with Gasteiger partial charge in [-0.05, 0) is 31.8 Å². The van der Waals surface area contributed by atoms with E-state index >= 15 is 0 Å². The van der Waals surface area contributed by atoms with E-state index < -0.39 is 5.91 Å². The summed E-state index contributed by atoms with van der Waals surface area (Å²) in [5.41, 5.74) is 5.89. The van der Waals surface area contributed by atoms with Gasteiger partial charge in [-0.2, -0.15) is 0 Å². The standard InChI is InChI=1S/C15H21N3O3/c1-18(2)8-4-7-15(20)17-10-12-5-3-6-13(9-12)21-11-14(16)19/h3-7,9H,8,10-11H2,1-2H3,(H2,16,19)(H,17,20)/b7-4+. The number of hydrogen-bond acceptors (Lipinski definition) is 4. The van der Waals surface area contributed by atoms with Crippen molar-refractivity contribution in [2.45, 2.75) is 6.54 Å². The number of amides is 2. The minimum absolute atomic E-state index is 0.152. The van der Waals surface area contributed by atoms with E-state index in [9.17, 15) is 9.59 Å². The Morgan fingerprint density at radius 2 is 2.14 bits per heavy atom. The minimum atomic E-state index is -0.528. The van der Waals surface area contributed by atoms with Crippen molar-refractivity contribution in [1.82, 2.24) is 10.2 Å². The predicted octanol–water partition coefficient (Wildman–Crippen LogP) is 0.285. The molecule has 0 atom stereocenters. The third kappa shape index (κ3) is 7.74. The molecule has 1 rings (SSSR count). The normalized spacial score (nSPS) is 10.8. The second kappa shape index (κ2) is 8.76. The highest BCUT2D eigenvalue weighted by molar-refractivity contribution is 5.87. The summed E-state index contributed by atoms with van der Waals surface area (Å²) >= 11 is 0. The molecule has 0 heterocycles. The number of benzene rings is 1. The molecule has 1 aromatic rings. The SMILES string of the molecule is CN(C)C/C=C/C(=O)NCc1cccc(OCC(N)=O)c1. The van der Waals surface area contributed by atoms with E-state index in [-0.39, 0.29) is 12.5 Å². The maximum atomic E-state index is 11.6. The van der Waals surface area contributed by atoms with Crippen molar-refractivity contribution in [3.05, 3.63) is 42.0 Å². The first-order valence-electron chi connectivity index (χ1n) is 6.56. The number of likely N-dealkylation sites (N-methyl/N-ethyl adjacent to an activating group) is 1. The molecule has 21 heavy (non-hydrogen) atoms. The molecule has 0 radical (unpaired) electrons. The first-order valence-corrected chi connectivity index (χ1v) is 6.56. The molecule has 0 saturated carbocycles. The van der Waals surface area contributed by atoms with E-state index in [1.54, 1.807) is 24.3 Å². The van der Waals surface area contributed by atoms with Gasteiger partial charge in [-0.15, -0.1) is 0 Å². The van der Waals surface area contributed by atoms with Crippen LogP contribution >= 0.6 is 0 Å². The van der Waals surface area contributed by atoms with Gasteiger partial charge in [0, 0.05) is 19.2 Å². The molecule has 1 aromatic carbocycles. The van der Waals surface area contributed by atoms with Gasteiger partial charge in [0.25, 0.3) is 5.91 Å². The molecular weight excluding hydrogens is 270 g/mol. The fourth-order valence-corrected chi connectivity index (χ4v) is 1.52. The summed E-state index contributed by atoms with van der Waals surface area (Å²) < 4.78 is 5.20. The molecule has 114 valence electrons. The molecule has 0 fully saturated rings. The Labute approximate surface area is 124 Å². The second-order valence-corrected chi connectivity index (χ2v) is 4.78. The average Bonchev–Trinajstić information content (AvgIpc) is 2.43. The molecule has 0 aliphatic heterocycles. The number of ether oxygens (including phenoxy) is 1. The van der Waals surface area contributed by atoms with Crippen molar-refractivity contribution in [3.63, 3.8) is 0 Å². The van der Waals surface area contributed by atoms with E-state index in [1.807, 2.05) is 25.1 Å². The molecule has 0 saturated heterocycles. The van der Waals surface area contributed by atoms with Crippen LogP contribution in [0.4, 0.5) is 0 Å². The lowest BCUT2D eigenvalue weighted by Crippen LogP contribution is -2.21. The number of primary amides is 1. The third-order valence-corrected chi connectivity index (χ3v) is 2.49. The Morgan fingerprint density at radius 1 is 1.38 bits per heavy atom. The topological polar surface area (TPSA) is 84.7 Å². The van der Waals surface area contributed by atoms with Crippen molar-refractivity contribution >= 4 is 11.8 Å². The van der Waals surface area contributed by atoms with Crippen molar-refractivity contribution in [1.29, 1.82) is 0 Å². The summed E-state index contributed by atoms with van der Waals surface area (Å²) in [7, 11) is 3.86. The van der Waals surface area contributed by atoms with Gasteiger partial charge in [-0.1, -0.05) is 18.2 Å². The van der Waals surface area contributed by atoms with Gasteiger partial charge in [-0.3, -0.25) is 9.59 Å². The maximum Gasteiger partial charge on any atom is 0.255 e. The van der Waals surface area contributed by atoms with Crippen LogP contribution in [0.25, 0.3) is 0 Å². The van der Waals surface area contributed by atoms with Gasteiger partial charge in [-0.25, -0.2) is 0 Å². The van der Waals surface area contributed by atoms with Crippen LogP contribution in [0, 0.1) is 0 Å². The summed E-state index contributed by atoms with van der Waals surface area (Å²) in [6, 6.07) is 7.14. The summed E-state index contributed by atoms with van der Waals surface area (Å²) in [5, 5.41) is 2.77. The lowest BCUT2D eigenvalue weighted by molar-refractivity contribution is -0.120. The molecule has 0 bridgehead atoms. The number of hydrogen-bond donors (Lipinski definition) is 2. The minimum Gasteiger partial charge on any atom is -0.484 e. The van der Waals surface area contributed by atoms with Crippen molar-refractivity contribution in [2.24, 2.45) is 5.73 Å². The summed E-state index contributed by atoms with van der Waals surface area (Å²) in [6.07, 6.45) is 3.30. The lowest BCUT2D eigenvalue weighted by Gasteiger charge is -2.07. The Morgan fingerprint density at radius 3 is 2.81 bits per heavy atom. The largest absolute Gasteiger partial charge is 0.484 e. The highest BCUT2D eigenvalue weighted by Gasteiger charge is 2.01. The molecular formula is C15H21N3O3. The molecule has 0 aliphatic carbocycles. The van der Waals surface area contributed by atoms with E-state index in [0.717, 1.165) is 5.56 Å². The number of nitrogens with zero attached hydrogens (tertiary/aromatic N) is 1. The van der Waals surface area contributed by atoms with Gasteiger partial charge >= 0.3 is 0 Å². The highest BCUT2D eigenvalue weighted by Crippen LogP contribution is 2.12. The average molecular weight is 291 g/mol. The Hall–Kier alpha value is -2.34. The smallest absolute Gasteiger partial charge is 0.255 e. The molecule has 2 amide bonds. The lowest BCUT2D eigenvalue weighted by atomic mass is 10.2. The Kier molecular flexibility index (Phi) is 6.97. The fourth-order valence-electron chi connectivity index (χ4n) is 1.52. The summed E-state index contributed by atoms with van der Waals surface area (Å²) in [5.74, 6) is -0.135. The zero-order valence-electron chi connectivity index (χ0n) is 12.3. The molecule has 0 aliphatic rings. The Balaban J connectivity index is 2.44. The number of carbonyl (C=O) groups excluding carboxylic acids is 2. The summed E-state index contributed by atoms with van der Waals surface area (Å²) in [4.78, 5) is 24.2. The zero-order valence-corrected chi connectivity index (χ0v) is 12.3. The Bertz CT molecular complexity index is 513. The maximum absolute atomic E-state index is 11.6. The first-order chi connectivity index (χ1) is 9.97. The number of nitrogens with two attached hydrogens (primary N) is 1. The van der Waals surface area contributed by atoms with Crippen LogP contribution in [-0.4, -0.2) is 44.0 Å². The van der Waals surface area contributed by atoms with Gasteiger partial charge in [0.2, 0.25) is 5.91 Å². The molecule has 6 heteroatoms. The van der Waals surface area contributed by atoms with E-state index in [1.165, 1.54) is 6.08 Å². The number of rotatable bonds is 8. The van der Waals surface area contributed by atoms with Crippen LogP contribution in [0.2, 0.25) is 0 Å². The molecule has 0 aromatic heterocycles. The predicted molar refractivity (Wildman–Crippen MR) is 80.7 cm³/mol. The van der Waals surface area contributed by atoms with Crippen molar-refractivity contribution < 1.29 is 14.3 Å². The van der Waals surface area contributed by atoms with Crippen LogP contribution in [0.3, 0.4) is 0 Å². The van der Waals surface area contributed by atoms with Crippen molar-refractivity contribution in [2.75, 3.05) is 27.2 Å². The number of carbonyl (C=O) groups is 2. The first kappa shape index (κ1) is 16.7. The molecule has 3 N–H and O–H groups in total. The van der Waals surface area contributed by atoms with Crippen LogP contribution in [-0.2, 0) is 16.1 Å². The van der Waals surface area contributed by atoms with E-state index in [0.29, 0.717) is 18.8 Å². The summed E-state index contributed by atoms with van der Waals surface area (Å²) in [6.45, 7) is 0.936. The molecule has 6 nitrogen and oxygen atoms in total. The van der Waals surface area contributed by atoms with Gasteiger partial charge in [0.05, 0.1) is 0 Å². The van der Waals surface area contributed by atoms with Crippen LogP contribution < -0.4 is 15.8 Å². The van der Waals surface area contributed by atoms with E-state index in [2.05, 4.69) is 5.32 Å². The van der Waals surface area contributed by atoms with E-state index in [4.69, 9.17) is 10.5 Å². The molecule has 0 unspecified atom stereocenters. The number of nitrogens with one attached hydrogen (secondary N) is 1. The van der Waals surface area contributed by atoms with Crippen molar-refractivity contribution in [3.8, 4) is 5.75 Å². The highest BCUT2D eigenvalue weighted by atomic mass is 16.5. The van der Waals surface area contributed by atoms with Crippen LogP contribution in [0.1, 0.15) is 5.56 Å². The van der Waals surface area contributed by atoms with Crippen LogP contribution in [0.5, 0.6) is 5.75 Å². The quantitative estimate of drug-likeness (QED) is 0.674.